The number of carbonyl (C=O) groups is 1. The van der Waals surface area contributed by atoms with E-state index in [1.165, 1.54) is 61.8 Å². The minimum Gasteiger partial charge on any atom is -0.331 e. The van der Waals surface area contributed by atoms with E-state index < -0.39 is 0 Å². The van der Waals surface area contributed by atoms with Gasteiger partial charge in [0.2, 0.25) is 0 Å². The highest BCUT2D eigenvalue weighted by Gasteiger charge is 2.38. The smallest absolute Gasteiger partial charge is 0.264 e. The number of carbonyl (C=O) groups excluding carboxylic acids is 1. The molecule has 0 saturated carbocycles. The Labute approximate surface area is 137 Å². The van der Waals surface area contributed by atoms with Crippen molar-refractivity contribution in [1.82, 2.24) is 10.2 Å². The number of nitrogens with zero attached hydrogens (tertiary/aromatic N) is 1. The minimum atomic E-state index is 0.313. The van der Waals surface area contributed by atoms with E-state index in [0.717, 1.165) is 24.4 Å². The highest BCUT2D eigenvalue weighted by Crippen LogP contribution is 2.34. The van der Waals surface area contributed by atoms with Gasteiger partial charge >= 0.3 is 0 Å². The first-order valence-electron chi connectivity index (χ1n) is 8.98. The summed E-state index contributed by atoms with van der Waals surface area (Å²) >= 11 is 1.79. The van der Waals surface area contributed by atoms with Crippen molar-refractivity contribution in [3.8, 4) is 0 Å². The molecule has 2 atom stereocenters. The molecule has 1 aromatic rings. The van der Waals surface area contributed by atoms with E-state index in [9.17, 15) is 4.79 Å². The van der Waals surface area contributed by atoms with E-state index in [1.54, 1.807) is 11.3 Å². The van der Waals surface area contributed by atoms with E-state index in [1.807, 2.05) is 0 Å². The summed E-state index contributed by atoms with van der Waals surface area (Å²) in [7, 11) is 0. The Kier molecular flexibility index (Phi) is 4.23. The van der Waals surface area contributed by atoms with Gasteiger partial charge in [0.1, 0.15) is 0 Å². The van der Waals surface area contributed by atoms with Gasteiger partial charge in [0.15, 0.2) is 0 Å². The number of amides is 1. The quantitative estimate of drug-likeness (QED) is 0.861. The van der Waals surface area contributed by atoms with Crippen molar-refractivity contribution in [2.24, 2.45) is 0 Å². The summed E-state index contributed by atoms with van der Waals surface area (Å²) in [6, 6.07) is 3.12. The van der Waals surface area contributed by atoms with Crippen molar-refractivity contribution in [2.75, 3.05) is 13.1 Å². The van der Waals surface area contributed by atoms with Crippen molar-refractivity contribution >= 4 is 17.2 Å². The van der Waals surface area contributed by atoms with Crippen LogP contribution in [0, 0.1) is 0 Å². The molecule has 2 saturated heterocycles. The second kappa shape index (κ2) is 6.32. The van der Waals surface area contributed by atoms with Crippen molar-refractivity contribution in [2.45, 2.75) is 69.9 Å². The Bertz CT molecular complexity index is 514. The first-order chi connectivity index (χ1) is 10.8. The fraction of sp³-hybridized carbons (Fsp3) is 0.722. The lowest BCUT2D eigenvalue weighted by Gasteiger charge is -2.27. The third-order valence-corrected chi connectivity index (χ3v) is 6.82. The fourth-order valence-corrected chi connectivity index (χ4v) is 5.59. The molecule has 1 N–H and O–H groups in total. The molecule has 2 unspecified atom stereocenters. The van der Waals surface area contributed by atoms with Crippen LogP contribution in [-0.2, 0) is 12.8 Å². The Balaban J connectivity index is 1.58. The predicted octanol–water partition coefficient (Wildman–Crippen LogP) is 3.37. The SMILES string of the molecule is O=C(c1cc2c(s1)CCCCCC2)N1C2CCNCC1CC2. The number of fused-ring (bicyclic) bond motifs is 3. The lowest BCUT2D eigenvalue weighted by molar-refractivity contribution is 0.0685. The molecule has 1 aliphatic carbocycles. The monoisotopic (exact) mass is 318 g/mol. The fourth-order valence-electron chi connectivity index (χ4n) is 4.39. The molecular weight excluding hydrogens is 292 g/mol. The second-order valence-corrected chi connectivity index (χ2v) is 8.20. The number of hydrogen-bond acceptors (Lipinski definition) is 3. The van der Waals surface area contributed by atoms with Gasteiger partial charge in [-0.3, -0.25) is 4.79 Å². The van der Waals surface area contributed by atoms with Crippen LogP contribution in [0.1, 0.15) is 65.1 Å². The average Bonchev–Trinajstić information content (AvgIpc) is 2.98. The number of rotatable bonds is 1. The topological polar surface area (TPSA) is 32.3 Å². The van der Waals surface area contributed by atoms with Gasteiger partial charge < -0.3 is 10.2 Å². The third kappa shape index (κ3) is 2.71. The van der Waals surface area contributed by atoms with Crippen molar-refractivity contribution in [3.63, 3.8) is 0 Å². The normalized spacial score (nSPS) is 28.6. The molecule has 0 spiro atoms. The number of thiophene rings is 1. The van der Waals surface area contributed by atoms with Gasteiger partial charge in [-0.1, -0.05) is 12.8 Å². The van der Waals surface area contributed by atoms with E-state index in [4.69, 9.17) is 0 Å². The van der Waals surface area contributed by atoms with E-state index in [-0.39, 0.29) is 0 Å². The summed E-state index contributed by atoms with van der Waals surface area (Å²) in [6.45, 7) is 2.04. The highest BCUT2D eigenvalue weighted by atomic mass is 32.1. The summed E-state index contributed by atoms with van der Waals surface area (Å²) in [5, 5.41) is 3.49. The van der Waals surface area contributed by atoms with E-state index in [2.05, 4.69) is 16.3 Å². The molecule has 120 valence electrons. The molecule has 3 heterocycles. The van der Waals surface area contributed by atoms with Gasteiger partial charge in [-0.2, -0.15) is 0 Å². The van der Waals surface area contributed by atoms with E-state index in [0.29, 0.717) is 18.0 Å². The molecule has 1 amide bonds. The van der Waals surface area contributed by atoms with Crippen LogP contribution in [0.25, 0.3) is 0 Å². The van der Waals surface area contributed by atoms with E-state index >= 15 is 0 Å². The Morgan fingerprint density at radius 3 is 2.82 bits per heavy atom. The lowest BCUT2D eigenvalue weighted by Crippen LogP contribution is -2.42. The first kappa shape index (κ1) is 14.7. The number of nitrogens with one attached hydrogen (secondary N) is 1. The third-order valence-electron chi connectivity index (χ3n) is 5.60. The highest BCUT2D eigenvalue weighted by molar-refractivity contribution is 7.14. The van der Waals surface area contributed by atoms with Gasteiger partial charge in [0.25, 0.3) is 5.91 Å². The van der Waals surface area contributed by atoms with Gasteiger partial charge in [-0.25, -0.2) is 0 Å². The van der Waals surface area contributed by atoms with Crippen LogP contribution >= 0.6 is 11.3 Å². The molecule has 0 aromatic carbocycles. The Morgan fingerprint density at radius 1 is 1.09 bits per heavy atom. The molecule has 3 nitrogen and oxygen atoms in total. The first-order valence-corrected chi connectivity index (χ1v) is 9.79. The minimum absolute atomic E-state index is 0.313. The summed E-state index contributed by atoms with van der Waals surface area (Å²) < 4.78 is 0. The average molecular weight is 318 g/mol. The molecule has 0 radical (unpaired) electrons. The maximum Gasteiger partial charge on any atom is 0.264 e. The van der Waals surface area contributed by atoms with Gasteiger partial charge in [-0.05, 0) is 63.1 Å². The molecule has 4 rings (SSSR count). The maximum atomic E-state index is 13.1. The zero-order valence-corrected chi connectivity index (χ0v) is 14.1. The number of hydrogen-bond donors (Lipinski definition) is 1. The zero-order chi connectivity index (χ0) is 14.9. The lowest BCUT2D eigenvalue weighted by atomic mass is 9.99. The van der Waals surface area contributed by atoms with Gasteiger partial charge in [-0.15, -0.1) is 11.3 Å². The van der Waals surface area contributed by atoms with Crippen molar-refractivity contribution < 1.29 is 4.79 Å². The summed E-state index contributed by atoms with van der Waals surface area (Å²) in [5.41, 5.74) is 1.47. The van der Waals surface area contributed by atoms with Gasteiger partial charge in [0, 0.05) is 23.5 Å². The molecule has 22 heavy (non-hydrogen) atoms. The Morgan fingerprint density at radius 2 is 1.91 bits per heavy atom. The van der Waals surface area contributed by atoms with Crippen LogP contribution in [0.5, 0.6) is 0 Å². The number of aryl methyl sites for hydroxylation is 2. The summed E-state index contributed by atoms with van der Waals surface area (Å²) in [6.07, 6.45) is 11.1. The second-order valence-electron chi connectivity index (χ2n) is 7.06. The standard InChI is InChI=1S/C18H26N2OS/c21-18(20-14-7-8-15(20)12-19-10-9-14)17-11-13-5-3-1-2-4-6-16(13)22-17/h11,14-15,19H,1-10,12H2. The van der Waals surface area contributed by atoms with Crippen molar-refractivity contribution in [3.05, 3.63) is 21.4 Å². The molecule has 2 fully saturated rings. The molecule has 3 aliphatic rings. The van der Waals surface area contributed by atoms with Crippen LogP contribution in [0.15, 0.2) is 6.07 Å². The molecule has 4 heteroatoms. The molecule has 2 bridgehead atoms. The predicted molar refractivity (Wildman–Crippen MR) is 90.7 cm³/mol. The van der Waals surface area contributed by atoms with Crippen molar-refractivity contribution in [1.29, 1.82) is 0 Å². The molecule has 2 aliphatic heterocycles. The van der Waals surface area contributed by atoms with Crippen LogP contribution in [-0.4, -0.2) is 36.0 Å². The summed E-state index contributed by atoms with van der Waals surface area (Å²) in [4.78, 5) is 17.8. The van der Waals surface area contributed by atoms with Crippen LogP contribution in [0.3, 0.4) is 0 Å². The zero-order valence-electron chi connectivity index (χ0n) is 13.3. The van der Waals surface area contributed by atoms with Crippen LogP contribution < -0.4 is 5.32 Å². The summed E-state index contributed by atoms with van der Waals surface area (Å²) in [5.74, 6) is 0.313. The Hall–Kier alpha value is -0.870. The van der Waals surface area contributed by atoms with Crippen LogP contribution in [0.4, 0.5) is 0 Å². The van der Waals surface area contributed by atoms with Gasteiger partial charge in [0.05, 0.1) is 4.88 Å². The maximum absolute atomic E-state index is 13.1. The van der Waals surface area contributed by atoms with Crippen LogP contribution in [0.2, 0.25) is 0 Å². The molecular formula is C18H26N2OS. The molecule has 1 aromatic heterocycles. The largest absolute Gasteiger partial charge is 0.331 e.